The number of hydrogen-bond donors (Lipinski definition) is 2. The van der Waals surface area contributed by atoms with Gasteiger partial charge in [0.25, 0.3) is 11.5 Å². The number of benzene rings is 1. The second-order valence-corrected chi connectivity index (χ2v) is 7.35. The van der Waals surface area contributed by atoms with E-state index in [1.807, 2.05) is 4.68 Å². The molecule has 1 amide bonds. The van der Waals surface area contributed by atoms with Crippen LogP contribution in [0.2, 0.25) is 5.02 Å². The number of nitrogens with one attached hydrogen (secondary N) is 1. The third-order valence-electron chi connectivity index (χ3n) is 4.97. The van der Waals surface area contributed by atoms with E-state index in [1.165, 1.54) is 17.2 Å². The summed E-state index contributed by atoms with van der Waals surface area (Å²) in [6.07, 6.45) is 6.64. The lowest BCUT2D eigenvalue weighted by molar-refractivity contribution is 0.0942. The molecule has 150 valence electrons. The highest BCUT2D eigenvalue weighted by Gasteiger charge is 2.22. The Hall–Kier alpha value is -2.97. The summed E-state index contributed by atoms with van der Waals surface area (Å²) in [5.41, 5.74) is 1.05. The quantitative estimate of drug-likeness (QED) is 0.645. The van der Waals surface area contributed by atoms with Crippen LogP contribution in [0.15, 0.2) is 47.5 Å². The van der Waals surface area contributed by atoms with Gasteiger partial charge in [-0.25, -0.2) is 0 Å². The first kappa shape index (κ1) is 19.4. The number of rotatable bonds is 6. The van der Waals surface area contributed by atoms with Gasteiger partial charge < -0.3 is 10.4 Å². The fraction of sp³-hybridized carbons (Fsp3) is 0.300. The Labute approximate surface area is 171 Å². The van der Waals surface area contributed by atoms with Gasteiger partial charge in [-0.05, 0) is 37.5 Å². The van der Waals surface area contributed by atoms with Crippen LogP contribution < -0.4 is 10.9 Å². The Balaban J connectivity index is 1.81. The summed E-state index contributed by atoms with van der Waals surface area (Å²) < 4.78 is 3.04. The van der Waals surface area contributed by atoms with E-state index in [4.69, 9.17) is 16.7 Å². The fourth-order valence-corrected chi connectivity index (χ4v) is 3.27. The highest BCUT2D eigenvalue weighted by atomic mass is 35.5. The zero-order chi connectivity index (χ0) is 20.4. The zero-order valence-corrected chi connectivity index (χ0v) is 16.3. The van der Waals surface area contributed by atoms with Gasteiger partial charge in [0.2, 0.25) is 0 Å². The van der Waals surface area contributed by atoms with E-state index in [9.17, 15) is 9.59 Å². The maximum Gasteiger partial charge on any atom is 0.284 e. The number of hydrogen-bond acceptors (Lipinski definition) is 5. The van der Waals surface area contributed by atoms with Crippen molar-refractivity contribution < 1.29 is 9.90 Å². The lowest BCUT2D eigenvalue weighted by atomic mass is 9.93. The predicted octanol–water partition coefficient (Wildman–Crippen LogP) is 2.20. The van der Waals surface area contributed by atoms with E-state index in [1.54, 1.807) is 36.7 Å². The van der Waals surface area contributed by atoms with Crippen molar-refractivity contribution in [1.82, 2.24) is 24.9 Å². The van der Waals surface area contributed by atoms with E-state index >= 15 is 0 Å². The largest absolute Gasteiger partial charge is 0.395 e. The van der Waals surface area contributed by atoms with Crippen molar-refractivity contribution in [2.75, 3.05) is 13.2 Å². The van der Waals surface area contributed by atoms with Crippen LogP contribution in [0.25, 0.3) is 16.9 Å². The van der Waals surface area contributed by atoms with Gasteiger partial charge in [-0.15, -0.1) is 0 Å². The van der Waals surface area contributed by atoms with Crippen LogP contribution >= 0.6 is 11.6 Å². The first-order chi connectivity index (χ1) is 14.1. The van der Waals surface area contributed by atoms with Gasteiger partial charge in [0, 0.05) is 17.1 Å². The number of carbonyl (C=O) groups is 1. The number of nitrogens with zero attached hydrogens (tertiary/aromatic N) is 4. The van der Waals surface area contributed by atoms with Crippen molar-refractivity contribution in [1.29, 1.82) is 0 Å². The number of carbonyl (C=O) groups excluding carboxylic acids is 1. The highest BCUT2D eigenvalue weighted by molar-refractivity contribution is 6.30. The summed E-state index contributed by atoms with van der Waals surface area (Å²) in [6, 6.07) is 8.76. The molecule has 0 unspecified atom stereocenters. The van der Waals surface area contributed by atoms with Crippen LogP contribution in [-0.4, -0.2) is 43.7 Å². The number of aliphatic hydroxyl groups is 1. The first-order valence-corrected chi connectivity index (χ1v) is 9.78. The normalized spacial score (nSPS) is 13.9. The lowest BCUT2D eigenvalue weighted by Gasteiger charge is -2.25. The van der Waals surface area contributed by atoms with E-state index in [2.05, 4.69) is 15.5 Å². The molecule has 0 bridgehead atoms. The summed E-state index contributed by atoms with van der Waals surface area (Å²) in [5, 5.41) is 20.9. The molecule has 8 nitrogen and oxygen atoms in total. The molecule has 0 saturated heterocycles. The molecule has 1 aromatic carbocycles. The van der Waals surface area contributed by atoms with Crippen molar-refractivity contribution in [3.8, 4) is 16.9 Å². The Kier molecular flexibility index (Phi) is 5.46. The van der Waals surface area contributed by atoms with Gasteiger partial charge in [0.15, 0.2) is 0 Å². The van der Waals surface area contributed by atoms with Crippen LogP contribution in [0.4, 0.5) is 0 Å². The molecule has 0 radical (unpaired) electrons. The SMILES string of the molecule is O=C(NCCO)c1cc(-c2ccc(Cl)cc2)nn(-c2cnn(C3CCC3)c2)c1=O. The predicted molar refractivity (Wildman–Crippen MR) is 108 cm³/mol. The molecule has 1 aliphatic carbocycles. The molecule has 1 fully saturated rings. The Bertz CT molecular complexity index is 1090. The molecular weight excluding hydrogens is 394 g/mol. The Morgan fingerprint density at radius 2 is 2.03 bits per heavy atom. The van der Waals surface area contributed by atoms with Gasteiger partial charge in [-0.3, -0.25) is 14.3 Å². The molecule has 0 aliphatic heterocycles. The monoisotopic (exact) mass is 413 g/mol. The van der Waals surface area contributed by atoms with Crippen LogP contribution in [0.3, 0.4) is 0 Å². The van der Waals surface area contributed by atoms with Crippen molar-refractivity contribution in [3.05, 3.63) is 63.7 Å². The molecular formula is C20H20ClN5O3. The number of amides is 1. The smallest absolute Gasteiger partial charge is 0.284 e. The summed E-state index contributed by atoms with van der Waals surface area (Å²) in [6.45, 7) is -0.167. The third kappa shape index (κ3) is 3.94. The Morgan fingerprint density at radius 3 is 2.69 bits per heavy atom. The molecule has 29 heavy (non-hydrogen) atoms. The molecule has 4 rings (SSSR count). The standard InChI is InChI=1S/C20H20ClN5O3/c21-14-6-4-13(5-7-14)18-10-17(19(28)22-8-9-27)20(29)26(24-18)16-11-23-25(12-16)15-2-1-3-15/h4-7,10-12,15,27H,1-3,8-9H2,(H,22,28). The summed E-state index contributed by atoms with van der Waals surface area (Å²) >= 11 is 5.97. The molecule has 3 aromatic rings. The average molecular weight is 414 g/mol. The van der Waals surface area contributed by atoms with Gasteiger partial charge in [-0.1, -0.05) is 23.7 Å². The second-order valence-electron chi connectivity index (χ2n) is 6.91. The molecule has 0 spiro atoms. The van der Waals surface area contributed by atoms with Gasteiger partial charge in [0.05, 0.1) is 30.7 Å². The average Bonchev–Trinajstić information content (AvgIpc) is 3.14. The van der Waals surface area contributed by atoms with E-state index in [0.29, 0.717) is 28.0 Å². The summed E-state index contributed by atoms with van der Waals surface area (Å²) in [4.78, 5) is 25.5. The molecule has 2 aromatic heterocycles. The molecule has 9 heteroatoms. The molecule has 2 heterocycles. The van der Waals surface area contributed by atoms with Crippen molar-refractivity contribution in [3.63, 3.8) is 0 Å². The summed E-state index contributed by atoms with van der Waals surface area (Å²) in [5.74, 6) is -0.568. The summed E-state index contributed by atoms with van der Waals surface area (Å²) in [7, 11) is 0. The van der Waals surface area contributed by atoms with Crippen molar-refractivity contribution in [2.24, 2.45) is 0 Å². The maximum atomic E-state index is 13.0. The molecule has 0 atom stereocenters. The number of aliphatic hydroxyl groups excluding tert-OH is 1. The van der Waals surface area contributed by atoms with Crippen LogP contribution in [0, 0.1) is 0 Å². The van der Waals surface area contributed by atoms with E-state index < -0.39 is 11.5 Å². The van der Waals surface area contributed by atoms with Gasteiger partial charge in [-0.2, -0.15) is 14.9 Å². The van der Waals surface area contributed by atoms with Crippen LogP contribution in [0.1, 0.15) is 35.7 Å². The second kappa shape index (κ2) is 8.18. The maximum absolute atomic E-state index is 13.0. The van der Waals surface area contributed by atoms with Gasteiger partial charge >= 0.3 is 0 Å². The minimum Gasteiger partial charge on any atom is -0.395 e. The lowest BCUT2D eigenvalue weighted by Crippen LogP contribution is -2.35. The van der Waals surface area contributed by atoms with E-state index in [-0.39, 0.29) is 18.7 Å². The minimum atomic E-state index is -0.568. The van der Waals surface area contributed by atoms with Crippen molar-refractivity contribution in [2.45, 2.75) is 25.3 Å². The fourth-order valence-electron chi connectivity index (χ4n) is 3.15. The number of halogens is 1. The van der Waals surface area contributed by atoms with Gasteiger partial charge in [0.1, 0.15) is 11.3 Å². The minimum absolute atomic E-state index is 0.0521. The van der Waals surface area contributed by atoms with Crippen molar-refractivity contribution >= 4 is 17.5 Å². The Morgan fingerprint density at radius 1 is 1.28 bits per heavy atom. The molecule has 1 aliphatic rings. The topological polar surface area (TPSA) is 102 Å². The highest BCUT2D eigenvalue weighted by Crippen LogP contribution is 2.31. The van der Waals surface area contributed by atoms with Crippen LogP contribution in [-0.2, 0) is 0 Å². The zero-order valence-electron chi connectivity index (χ0n) is 15.6. The van der Waals surface area contributed by atoms with Crippen LogP contribution in [0.5, 0.6) is 0 Å². The van der Waals surface area contributed by atoms with E-state index in [0.717, 1.165) is 12.8 Å². The third-order valence-corrected chi connectivity index (χ3v) is 5.23. The number of aromatic nitrogens is 4. The molecule has 1 saturated carbocycles. The molecule has 2 N–H and O–H groups in total. The first-order valence-electron chi connectivity index (χ1n) is 9.40.